The second-order valence-corrected chi connectivity index (χ2v) is 8.56. The van der Waals surface area contributed by atoms with Crippen LogP contribution >= 0.6 is 0 Å². The van der Waals surface area contributed by atoms with E-state index in [4.69, 9.17) is 4.74 Å². The monoisotopic (exact) mass is 481 g/mol. The molecule has 182 valence electrons. The summed E-state index contributed by atoms with van der Waals surface area (Å²) in [5.41, 5.74) is 3.72. The zero-order valence-electron chi connectivity index (χ0n) is 20.4. The number of hydrogen-bond donors (Lipinski definition) is 1. The van der Waals surface area contributed by atoms with Gasteiger partial charge in [0.25, 0.3) is 5.91 Å². The van der Waals surface area contributed by atoms with Gasteiger partial charge in [-0.15, -0.1) is 0 Å². The van der Waals surface area contributed by atoms with Crippen LogP contribution in [0, 0.1) is 13.8 Å². The summed E-state index contributed by atoms with van der Waals surface area (Å²) in [4.78, 5) is 43.2. The second-order valence-electron chi connectivity index (χ2n) is 8.56. The lowest BCUT2D eigenvalue weighted by Gasteiger charge is -2.19. The van der Waals surface area contributed by atoms with Gasteiger partial charge in [-0.1, -0.05) is 60.7 Å². The number of carbonyl (C=O) groups is 3. The van der Waals surface area contributed by atoms with Gasteiger partial charge in [-0.25, -0.2) is 9.78 Å². The molecule has 1 N–H and O–H groups in total. The molecule has 1 amide bonds. The van der Waals surface area contributed by atoms with E-state index in [1.165, 1.54) is 6.07 Å². The molecule has 36 heavy (non-hydrogen) atoms. The Labute approximate surface area is 209 Å². The Morgan fingerprint density at radius 2 is 1.61 bits per heavy atom. The maximum Gasteiger partial charge on any atom is 0.339 e. The molecule has 4 rings (SSSR count). The predicted octanol–water partition coefficient (Wildman–Crippen LogP) is 4.33. The topological polar surface area (TPSA) is 90.3 Å². The number of rotatable bonds is 8. The van der Waals surface area contributed by atoms with Crippen molar-refractivity contribution >= 4 is 17.7 Å². The van der Waals surface area contributed by atoms with Crippen molar-refractivity contribution in [3.05, 3.63) is 124 Å². The third kappa shape index (κ3) is 5.41. The fraction of sp³-hybridized carbons (Fsp3) is 0.172. The molecule has 1 aromatic heterocycles. The number of hydrogen-bond acceptors (Lipinski definition) is 5. The largest absolute Gasteiger partial charge is 0.452 e. The molecule has 1 atom stereocenters. The number of ether oxygens (including phenoxy) is 1. The van der Waals surface area contributed by atoms with Gasteiger partial charge in [0.1, 0.15) is 11.9 Å². The van der Waals surface area contributed by atoms with Crippen LogP contribution in [0.3, 0.4) is 0 Å². The SMILES string of the molecule is Cc1ccc(C(=O)c2ccccc2C(=O)OCC(=O)NC(c2ccccc2)c2nccn2C)cc1C. The first kappa shape index (κ1) is 24.6. The fourth-order valence-corrected chi connectivity index (χ4v) is 3.91. The van der Waals surface area contributed by atoms with Gasteiger partial charge in [0, 0.05) is 30.6 Å². The summed E-state index contributed by atoms with van der Waals surface area (Å²) in [6, 6.07) is 20.8. The summed E-state index contributed by atoms with van der Waals surface area (Å²) in [6.45, 7) is 3.40. The minimum Gasteiger partial charge on any atom is -0.452 e. The highest BCUT2D eigenvalue weighted by molar-refractivity contribution is 6.14. The highest BCUT2D eigenvalue weighted by Gasteiger charge is 2.23. The van der Waals surface area contributed by atoms with E-state index in [-0.39, 0.29) is 16.9 Å². The quantitative estimate of drug-likeness (QED) is 0.299. The Balaban J connectivity index is 1.48. The number of carbonyl (C=O) groups excluding carboxylic acids is 3. The van der Waals surface area contributed by atoms with Crippen LogP contribution in [0.5, 0.6) is 0 Å². The highest BCUT2D eigenvalue weighted by Crippen LogP contribution is 2.21. The van der Waals surface area contributed by atoms with Crippen molar-refractivity contribution < 1.29 is 19.1 Å². The average molecular weight is 482 g/mol. The maximum absolute atomic E-state index is 13.1. The maximum atomic E-state index is 13.1. The zero-order valence-corrected chi connectivity index (χ0v) is 20.4. The summed E-state index contributed by atoms with van der Waals surface area (Å²) in [5.74, 6) is -0.872. The summed E-state index contributed by atoms with van der Waals surface area (Å²) in [5, 5.41) is 2.89. The van der Waals surface area contributed by atoms with E-state index in [2.05, 4.69) is 10.3 Å². The van der Waals surface area contributed by atoms with Gasteiger partial charge in [-0.2, -0.15) is 0 Å². The number of imidazole rings is 1. The third-order valence-electron chi connectivity index (χ3n) is 6.05. The van der Waals surface area contributed by atoms with E-state index in [1.54, 1.807) is 42.7 Å². The van der Waals surface area contributed by atoms with Crippen molar-refractivity contribution in [1.29, 1.82) is 0 Å². The molecule has 1 heterocycles. The van der Waals surface area contributed by atoms with Crippen LogP contribution in [-0.2, 0) is 16.6 Å². The van der Waals surface area contributed by atoms with Crippen molar-refractivity contribution in [3.63, 3.8) is 0 Å². The zero-order chi connectivity index (χ0) is 25.7. The van der Waals surface area contributed by atoms with Gasteiger partial charge in [0.05, 0.1) is 5.56 Å². The number of amides is 1. The molecule has 0 fully saturated rings. The second kappa shape index (κ2) is 10.8. The molecule has 0 saturated heterocycles. The molecule has 0 saturated carbocycles. The van der Waals surface area contributed by atoms with Crippen LogP contribution in [-0.4, -0.2) is 33.8 Å². The van der Waals surface area contributed by atoms with Gasteiger partial charge < -0.3 is 14.6 Å². The minimum atomic E-state index is -0.744. The first-order chi connectivity index (χ1) is 17.3. The average Bonchev–Trinajstić information content (AvgIpc) is 3.33. The van der Waals surface area contributed by atoms with Gasteiger partial charge in [0.2, 0.25) is 0 Å². The van der Waals surface area contributed by atoms with E-state index in [1.807, 2.05) is 61.9 Å². The van der Waals surface area contributed by atoms with Crippen LogP contribution in [0.4, 0.5) is 0 Å². The Kier molecular flexibility index (Phi) is 7.39. The minimum absolute atomic E-state index is 0.109. The van der Waals surface area contributed by atoms with Crippen LogP contribution in [0.1, 0.15) is 54.8 Å². The Morgan fingerprint density at radius 3 is 2.28 bits per heavy atom. The lowest BCUT2D eigenvalue weighted by molar-refractivity contribution is -0.124. The van der Waals surface area contributed by atoms with E-state index >= 15 is 0 Å². The van der Waals surface area contributed by atoms with Gasteiger partial charge >= 0.3 is 5.97 Å². The first-order valence-electron chi connectivity index (χ1n) is 11.5. The standard InChI is InChI=1S/C29H27N3O4/c1-19-13-14-22(17-20(19)2)27(34)23-11-7-8-12-24(23)29(35)36-18-25(33)31-26(21-9-5-4-6-10-21)28-30-15-16-32(28)3/h4-17,26H,18H2,1-3H3,(H,31,33). The molecule has 0 aliphatic carbocycles. The molecule has 0 bridgehead atoms. The van der Waals surface area contributed by atoms with Gasteiger partial charge in [0.15, 0.2) is 12.4 Å². The Bertz CT molecular complexity index is 1410. The molecule has 0 aliphatic rings. The lowest BCUT2D eigenvalue weighted by Crippen LogP contribution is -2.34. The molecule has 4 aromatic rings. The lowest BCUT2D eigenvalue weighted by atomic mass is 9.96. The summed E-state index contributed by atoms with van der Waals surface area (Å²) in [7, 11) is 1.84. The summed E-state index contributed by atoms with van der Waals surface area (Å²) in [6.07, 6.45) is 3.45. The molecule has 3 aromatic carbocycles. The number of nitrogens with one attached hydrogen (secondary N) is 1. The number of benzene rings is 3. The van der Waals surface area contributed by atoms with E-state index < -0.39 is 24.5 Å². The molecule has 7 nitrogen and oxygen atoms in total. The molecule has 7 heteroatoms. The van der Waals surface area contributed by atoms with Gasteiger partial charge in [-0.05, 0) is 42.7 Å². The molecule has 0 radical (unpaired) electrons. The number of aryl methyl sites for hydroxylation is 3. The normalized spacial score (nSPS) is 11.5. The van der Waals surface area contributed by atoms with Crippen molar-refractivity contribution in [2.45, 2.75) is 19.9 Å². The Morgan fingerprint density at radius 1 is 0.917 bits per heavy atom. The number of ketones is 1. The third-order valence-corrected chi connectivity index (χ3v) is 6.05. The van der Waals surface area contributed by atoms with E-state index in [0.29, 0.717) is 11.4 Å². The molecular weight excluding hydrogens is 454 g/mol. The van der Waals surface area contributed by atoms with Crippen molar-refractivity contribution in [2.24, 2.45) is 7.05 Å². The van der Waals surface area contributed by atoms with E-state index in [0.717, 1.165) is 16.7 Å². The molecule has 0 aliphatic heterocycles. The smallest absolute Gasteiger partial charge is 0.339 e. The van der Waals surface area contributed by atoms with Crippen molar-refractivity contribution in [3.8, 4) is 0 Å². The number of esters is 1. The first-order valence-corrected chi connectivity index (χ1v) is 11.5. The highest BCUT2D eigenvalue weighted by atomic mass is 16.5. The molecule has 1 unspecified atom stereocenters. The number of nitrogens with zero attached hydrogens (tertiary/aromatic N) is 2. The summed E-state index contributed by atoms with van der Waals surface area (Å²) >= 11 is 0. The van der Waals surface area contributed by atoms with Crippen LogP contribution in [0.25, 0.3) is 0 Å². The number of aromatic nitrogens is 2. The van der Waals surface area contributed by atoms with Crippen molar-refractivity contribution in [2.75, 3.05) is 6.61 Å². The summed E-state index contributed by atoms with van der Waals surface area (Å²) < 4.78 is 7.13. The molecule has 0 spiro atoms. The molecular formula is C29H27N3O4. The van der Waals surface area contributed by atoms with Crippen LogP contribution < -0.4 is 5.32 Å². The van der Waals surface area contributed by atoms with E-state index in [9.17, 15) is 14.4 Å². The Hall–Kier alpha value is -4.52. The van der Waals surface area contributed by atoms with Gasteiger partial charge in [-0.3, -0.25) is 9.59 Å². The van der Waals surface area contributed by atoms with Crippen LogP contribution in [0.2, 0.25) is 0 Å². The van der Waals surface area contributed by atoms with Crippen LogP contribution in [0.15, 0.2) is 85.2 Å². The predicted molar refractivity (Wildman–Crippen MR) is 136 cm³/mol. The fourth-order valence-electron chi connectivity index (χ4n) is 3.91. The van der Waals surface area contributed by atoms with Crippen molar-refractivity contribution in [1.82, 2.24) is 14.9 Å².